The lowest BCUT2D eigenvalue weighted by Gasteiger charge is -2.31. The summed E-state index contributed by atoms with van der Waals surface area (Å²) in [4.78, 5) is 13.1. The summed E-state index contributed by atoms with van der Waals surface area (Å²) in [5.41, 5.74) is 0.568. The van der Waals surface area contributed by atoms with Crippen molar-refractivity contribution >= 4 is 41.3 Å². The average Bonchev–Trinajstić information content (AvgIpc) is 3.01. The summed E-state index contributed by atoms with van der Waals surface area (Å²) < 4.78 is 5.34. The standard InChI is InChI=1S/C18H30N4O2S.HI/c1-3-19-17(20-13-18(23)8-10-24-11-9-18)22(2)12-16-21-14-6-4-5-7-15(14)25-16;/h23H,3-13H2,1-2H3,(H,19,20);1H. The van der Waals surface area contributed by atoms with Crippen LogP contribution in [0.3, 0.4) is 0 Å². The Balaban J connectivity index is 0.00000243. The van der Waals surface area contributed by atoms with Gasteiger partial charge in [-0.25, -0.2) is 4.98 Å². The number of guanidine groups is 1. The Morgan fingerprint density at radius 2 is 2.08 bits per heavy atom. The second-order valence-electron chi connectivity index (χ2n) is 7.05. The number of ether oxygens (including phenoxy) is 1. The zero-order chi connectivity index (χ0) is 17.7. The zero-order valence-electron chi connectivity index (χ0n) is 15.8. The van der Waals surface area contributed by atoms with Crippen LogP contribution in [0, 0.1) is 0 Å². The van der Waals surface area contributed by atoms with Gasteiger partial charge < -0.3 is 20.1 Å². The highest BCUT2D eigenvalue weighted by Gasteiger charge is 2.29. The highest BCUT2D eigenvalue weighted by atomic mass is 127. The summed E-state index contributed by atoms with van der Waals surface area (Å²) >= 11 is 1.84. The van der Waals surface area contributed by atoms with Gasteiger partial charge in [0.05, 0.1) is 24.4 Å². The molecule has 6 nitrogen and oxygen atoms in total. The molecule has 0 atom stereocenters. The van der Waals surface area contributed by atoms with E-state index in [1.807, 2.05) is 18.4 Å². The lowest BCUT2D eigenvalue weighted by molar-refractivity contribution is -0.0566. The molecule has 2 N–H and O–H groups in total. The molecule has 0 radical (unpaired) electrons. The van der Waals surface area contributed by atoms with E-state index in [9.17, 15) is 5.11 Å². The van der Waals surface area contributed by atoms with Gasteiger partial charge >= 0.3 is 0 Å². The van der Waals surface area contributed by atoms with Crippen molar-refractivity contribution in [3.05, 3.63) is 15.6 Å². The predicted molar refractivity (Wildman–Crippen MR) is 117 cm³/mol. The second kappa shape index (κ2) is 10.2. The van der Waals surface area contributed by atoms with Crippen LogP contribution in [0.5, 0.6) is 0 Å². The fourth-order valence-corrected chi connectivity index (χ4v) is 4.56. The van der Waals surface area contributed by atoms with Crippen LogP contribution >= 0.6 is 35.3 Å². The maximum Gasteiger partial charge on any atom is 0.194 e. The number of aliphatic hydroxyl groups is 1. The van der Waals surface area contributed by atoms with Gasteiger partial charge in [0.1, 0.15) is 5.01 Å². The number of nitrogens with zero attached hydrogens (tertiary/aromatic N) is 3. The number of aliphatic imine (C=N–C) groups is 1. The number of hydrogen-bond donors (Lipinski definition) is 2. The lowest BCUT2D eigenvalue weighted by atomic mass is 9.95. The van der Waals surface area contributed by atoms with Crippen LogP contribution in [-0.4, -0.2) is 59.9 Å². The number of aryl methyl sites for hydroxylation is 2. The van der Waals surface area contributed by atoms with Gasteiger partial charge in [-0.05, 0) is 32.6 Å². The minimum Gasteiger partial charge on any atom is -0.388 e. The van der Waals surface area contributed by atoms with Crippen molar-refractivity contribution in [3.63, 3.8) is 0 Å². The third-order valence-electron chi connectivity index (χ3n) is 4.91. The summed E-state index contributed by atoms with van der Waals surface area (Å²) in [5.74, 6) is 0.829. The zero-order valence-corrected chi connectivity index (χ0v) is 18.9. The molecule has 8 heteroatoms. The summed E-state index contributed by atoms with van der Waals surface area (Å²) in [7, 11) is 2.04. The minimum absolute atomic E-state index is 0. The number of hydrogen-bond acceptors (Lipinski definition) is 5. The van der Waals surface area contributed by atoms with Crippen LogP contribution < -0.4 is 5.32 Å². The molecule has 1 aliphatic heterocycles. The summed E-state index contributed by atoms with van der Waals surface area (Å²) in [6.07, 6.45) is 6.16. The van der Waals surface area contributed by atoms with Gasteiger partial charge in [0, 0.05) is 44.5 Å². The second-order valence-corrected chi connectivity index (χ2v) is 8.22. The third kappa shape index (κ3) is 5.77. The Bertz CT molecular complexity index is 579. The van der Waals surface area contributed by atoms with E-state index < -0.39 is 5.60 Å². The molecule has 26 heavy (non-hydrogen) atoms. The molecule has 148 valence electrons. The summed E-state index contributed by atoms with van der Waals surface area (Å²) in [5, 5.41) is 15.1. The molecular weight excluding hydrogens is 463 g/mol. The quantitative estimate of drug-likeness (QED) is 0.374. The minimum atomic E-state index is -0.736. The first-order chi connectivity index (χ1) is 12.1. The van der Waals surface area contributed by atoms with Crippen LogP contribution in [0.2, 0.25) is 0 Å². The van der Waals surface area contributed by atoms with E-state index >= 15 is 0 Å². The average molecular weight is 494 g/mol. The molecule has 1 fully saturated rings. The fourth-order valence-electron chi connectivity index (χ4n) is 3.35. The van der Waals surface area contributed by atoms with Crippen molar-refractivity contribution in [3.8, 4) is 0 Å². The Hall–Kier alpha value is -0.450. The largest absolute Gasteiger partial charge is 0.388 e. The maximum absolute atomic E-state index is 10.6. The van der Waals surface area contributed by atoms with E-state index in [0.29, 0.717) is 32.6 Å². The lowest BCUT2D eigenvalue weighted by Crippen LogP contribution is -2.43. The molecule has 1 aromatic heterocycles. The van der Waals surface area contributed by atoms with E-state index in [0.717, 1.165) is 30.5 Å². The number of nitrogens with one attached hydrogen (secondary N) is 1. The van der Waals surface area contributed by atoms with Crippen LogP contribution in [0.4, 0.5) is 0 Å². The number of rotatable bonds is 5. The molecule has 0 aromatic carbocycles. The van der Waals surface area contributed by atoms with Gasteiger partial charge in [-0.15, -0.1) is 35.3 Å². The number of aromatic nitrogens is 1. The van der Waals surface area contributed by atoms with Crippen LogP contribution in [0.15, 0.2) is 4.99 Å². The molecule has 3 rings (SSSR count). The van der Waals surface area contributed by atoms with E-state index in [2.05, 4.69) is 22.1 Å². The molecule has 1 aromatic rings. The van der Waals surface area contributed by atoms with Crippen LogP contribution in [0.1, 0.15) is 48.2 Å². The van der Waals surface area contributed by atoms with E-state index in [1.165, 1.54) is 29.8 Å². The van der Waals surface area contributed by atoms with Crippen molar-refractivity contribution in [2.24, 2.45) is 4.99 Å². The van der Waals surface area contributed by atoms with Crippen LogP contribution in [-0.2, 0) is 24.1 Å². The van der Waals surface area contributed by atoms with Crippen LogP contribution in [0.25, 0.3) is 0 Å². The third-order valence-corrected chi connectivity index (χ3v) is 6.05. The van der Waals surface area contributed by atoms with Crippen molar-refractivity contribution in [1.82, 2.24) is 15.2 Å². The Morgan fingerprint density at radius 3 is 2.77 bits per heavy atom. The van der Waals surface area contributed by atoms with Crippen molar-refractivity contribution in [2.45, 2.75) is 57.6 Å². The highest BCUT2D eigenvalue weighted by Crippen LogP contribution is 2.27. The fraction of sp³-hybridized carbons (Fsp3) is 0.778. The SMILES string of the molecule is CCNC(=NCC1(O)CCOCC1)N(C)Cc1nc2c(s1)CCCC2.I. The van der Waals surface area contributed by atoms with Gasteiger partial charge in [-0.2, -0.15) is 0 Å². The topological polar surface area (TPSA) is 70.0 Å². The molecule has 0 unspecified atom stereocenters. The van der Waals surface area contributed by atoms with Gasteiger partial charge in [-0.3, -0.25) is 4.99 Å². The molecule has 0 saturated carbocycles. The molecule has 0 spiro atoms. The molecule has 2 heterocycles. The highest BCUT2D eigenvalue weighted by molar-refractivity contribution is 14.0. The number of halogens is 1. The summed E-state index contributed by atoms with van der Waals surface area (Å²) in [6.45, 7) is 5.27. The van der Waals surface area contributed by atoms with Crippen molar-refractivity contribution in [2.75, 3.05) is 33.4 Å². The molecule has 2 aliphatic rings. The predicted octanol–water partition coefficient (Wildman–Crippen LogP) is 2.58. The van der Waals surface area contributed by atoms with Gasteiger partial charge in [0.15, 0.2) is 5.96 Å². The van der Waals surface area contributed by atoms with Gasteiger partial charge in [-0.1, -0.05) is 0 Å². The van der Waals surface area contributed by atoms with Gasteiger partial charge in [0.2, 0.25) is 0 Å². The van der Waals surface area contributed by atoms with E-state index in [4.69, 9.17) is 9.72 Å². The van der Waals surface area contributed by atoms with Gasteiger partial charge in [0.25, 0.3) is 0 Å². The molecule has 0 amide bonds. The number of fused-ring (bicyclic) bond motifs is 1. The van der Waals surface area contributed by atoms with E-state index in [-0.39, 0.29) is 24.0 Å². The summed E-state index contributed by atoms with van der Waals surface area (Å²) in [6, 6.07) is 0. The molecule has 1 saturated heterocycles. The molecular formula is C18H31IN4O2S. The first-order valence-corrected chi connectivity index (χ1v) is 10.2. The number of thiazole rings is 1. The molecule has 0 bridgehead atoms. The molecule has 1 aliphatic carbocycles. The monoisotopic (exact) mass is 494 g/mol. The Labute approximate surface area is 177 Å². The Morgan fingerprint density at radius 1 is 1.35 bits per heavy atom. The maximum atomic E-state index is 10.6. The van der Waals surface area contributed by atoms with Crippen molar-refractivity contribution < 1.29 is 9.84 Å². The first-order valence-electron chi connectivity index (χ1n) is 9.37. The Kier molecular flexibility index (Phi) is 8.56. The normalized spacial score (nSPS) is 19.4. The first kappa shape index (κ1) is 21.8. The van der Waals surface area contributed by atoms with Crippen molar-refractivity contribution in [1.29, 1.82) is 0 Å². The smallest absolute Gasteiger partial charge is 0.194 e. The van der Waals surface area contributed by atoms with E-state index in [1.54, 1.807) is 0 Å².